The van der Waals surface area contributed by atoms with E-state index in [-0.39, 0.29) is 6.10 Å². The molecule has 0 radical (unpaired) electrons. The molecule has 3 saturated carbocycles. The van der Waals surface area contributed by atoms with E-state index in [1.165, 1.54) is 38.5 Å². The molecule has 4 heteroatoms. The van der Waals surface area contributed by atoms with Crippen molar-refractivity contribution in [3.05, 3.63) is 35.5 Å². The highest BCUT2D eigenvalue weighted by molar-refractivity contribution is 5.38. The number of ether oxygens (including phenoxy) is 1. The number of nitriles is 1. The summed E-state index contributed by atoms with van der Waals surface area (Å²) in [5.74, 6) is 2.08. The van der Waals surface area contributed by atoms with Gasteiger partial charge >= 0.3 is 0 Å². The van der Waals surface area contributed by atoms with Crippen LogP contribution >= 0.6 is 0 Å². The normalized spacial score (nSPS) is 35.4. The molecule has 0 bridgehead atoms. The summed E-state index contributed by atoms with van der Waals surface area (Å²) in [6.07, 6.45) is 15.1. The Balaban J connectivity index is 1.68. The van der Waals surface area contributed by atoms with E-state index in [2.05, 4.69) is 38.6 Å². The summed E-state index contributed by atoms with van der Waals surface area (Å²) in [6, 6.07) is 2.12. The highest BCUT2D eigenvalue weighted by atomic mass is 16.5. The third-order valence-corrected chi connectivity index (χ3v) is 8.99. The van der Waals surface area contributed by atoms with Crippen LogP contribution in [-0.4, -0.2) is 34.6 Å². The number of nitrogens with zero attached hydrogens (tertiary/aromatic N) is 1. The molecule has 6 atom stereocenters. The van der Waals surface area contributed by atoms with Crippen molar-refractivity contribution in [3.63, 3.8) is 0 Å². The third kappa shape index (κ3) is 6.62. The fourth-order valence-electron chi connectivity index (χ4n) is 7.12. The average molecular weight is 470 g/mol. The molecular weight excluding hydrogens is 422 g/mol. The maximum atomic E-state index is 10.5. The maximum Gasteiger partial charge on any atom is 0.0811 e. The Hall–Kier alpha value is -1.41. The highest BCUT2D eigenvalue weighted by Crippen LogP contribution is 2.60. The van der Waals surface area contributed by atoms with Crippen LogP contribution in [-0.2, 0) is 4.74 Å². The second kappa shape index (κ2) is 11.5. The Labute approximate surface area is 207 Å². The molecule has 3 aliphatic rings. The fraction of sp³-hybridized carbons (Fsp3) is 0.767. The van der Waals surface area contributed by atoms with Crippen LogP contribution in [0, 0.1) is 34.5 Å². The summed E-state index contributed by atoms with van der Waals surface area (Å²) in [5.41, 5.74) is 3.28. The van der Waals surface area contributed by atoms with Gasteiger partial charge in [0, 0.05) is 6.42 Å². The van der Waals surface area contributed by atoms with Crippen LogP contribution in [0.3, 0.4) is 0 Å². The van der Waals surface area contributed by atoms with E-state index >= 15 is 0 Å². The molecule has 0 aromatic carbocycles. The molecule has 3 aliphatic carbocycles. The molecule has 6 unspecified atom stereocenters. The monoisotopic (exact) mass is 469 g/mol. The molecule has 3 rings (SSSR count). The first-order valence-electron chi connectivity index (χ1n) is 13.5. The largest absolute Gasteiger partial charge is 0.390 e. The van der Waals surface area contributed by atoms with E-state index in [9.17, 15) is 10.2 Å². The molecule has 0 aliphatic heterocycles. The summed E-state index contributed by atoms with van der Waals surface area (Å²) in [7, 11) is 0. The predicted molar refractivity (Wildman–Crippen MR) is 138 cm³/mol. The summed E-state index contributed by atoms with van der Waals surface area (Å²) in [4.78, 5) is 0. The molecule has 2 N–H and O–H groups in total. The Morgan fingerprint density at radius 3 is 2.79 bits per heavy atom. The second-order valence-corrected chi connectivity index (χ2v) is 12.1. The van der Waals surface area contributed by atoms with Gasteiger partial charge in [-0.1, -0.05) is 51.0 Å². The zero-order valence-electron chi connectivity index (χ0n) is 22.0. The van der Waals surface area contributed by atoms with E-state index in [0.717, 1.165) is 36.3 Å². The zero-order valence-corrected chi connectivity index (χ0v) is 22.0. The standard InChI is InChI=1S/C30H47NO3/c1-21(9-6-15-29(3,4)33)26-13-14-27-23(10-7-16-30(26,27)5)11-12-24-19-25(34-18-8-17-31)20-28(32)22(24)2/h11-12,21,25-28,32-33H,2,6-10,13-16,18-20H2,1,3-5H3. The van der Waals surface area contributed by atoms with Crippen LogP contribution in [0.25, 0.3) is 0 Å². The zero-order chi connectivity index (χ0) is 24.9. The van der Waals surface area contributed by atoms with Crippen molar-refractivity contribution in [2.45, 2.75) is 116 Å². The Morgan fingerprint density at radius 1 is 1.32 bits per heavy atom. The molecule has 0 spiro atoms. The minimum Gasteiger partial charge on any atom is -0.390 e. The van der Waals surface area contributed by atoms with Crippen molar-refractivity contribution in [2.24, 2.45) is 23.2 Å². The van der Waals surface area contributed by atoms with Gasteiger partial charge in [-0.3, -0.25) is 0 Å². The first kappa shape index (κ1) is 27.2. The molecule has 34 heavy (non-hydrogen) atoms. The quantitative estimate of drug-likeness (QED) is 0.371. The van der Waals surface area contributed by atoms with E-state index in [1.54, 1.807) is 5.57 Å². The summed E-state index contributed by atoms with van der Waals surface area (Å²) in [5, 5.41) is 29.4. The topological polar surface area (TPSA) is 73.5 Å². The minimum atomic E-state index is -0.567. The Bertz CT molecular complexity index is 814. The molecule has 0 amide bonds. The molecule has 3 fully saturated rings. The second-order valence-electron chi connectivity index (χ2n) is 12.1. The Kier molecular flexibility index (Phi) is 9.23. The molecule has 190 valence electrons. The van der Waals surface area contributed by atoms with E-state index in [0.29, 0.717) is 36.7 Å². The smallest absolute Gasteiger partial charge is 0.0811 e. The fourth-order valence-corrected chi connectivity index (χ4v) is 7.12. The number of hydrogen-bond donors (Lipinski definition) is 2. The van der Waals surface area contributed by atoms with E-state index in [4.69, 9.17) is 10.00 Å². The lowest BCUT2D eigenvalue weighted by Gasteiger charge is -2.44. The van der Waals surface area contributed by atoms with Gasteiger partial charge in [0.05, 0.1) is 36.9 Å². The van der Waals surface area contributed by atoms with Crippen LogP contribution in [0.1, 0.15) is 98.3 Å². The number of fused-ring (bicyclic) bond motifs is 1. The predicted octanol–water partition coefficient (Wildman–Crippen LogP) is 6.64. The number of aliphatic hydroxyl groups excluding tert-OH is 1. The number of allylic oxidation sites excluding steroid dienone is 3. The van der Waals surface area contributed by atoms with Crippen LogP contribution in [0.4, 0.5) is 0 Å². The lowest BCUT2D eigenvalue weighted by atomic mass is 9.60. The molecule has 0 heterocycles. The average Bonchev–Trinajstić information content (AvgIpc) is 3.12. The molecule has 4 nitrogen and oxygen atoms in total. The SMILES string of the molecule is C=C1C(=CC=C2CCCC3(C)C2CCC3C(C)CCCC(C)(C)O)CC(OCCC#N)CC1O. The van der Waals surface area contributed by atoms with Gasteiger partial charge in [0.15, 0.2) is 0 Å². The lowest BCUT2D eigenvalue weighted by Crippen LogP contribution is -2.36. The molecule has 0 aromatic heterocycles. The van der Waals surface area contributed by atoms with Gasteiger partial charge in [-0.25, -0.2) is 0 Å². The Morgan fingerprint density at radius 2 is 2.09 bits per heavy atom. The van der Waals surface area contributed by atoms with Gasteiger partial charge in [0.1, 0.15) is 0 Å². The number of hydrogen-bond acceptors (Lipinski definition) is 4. The van der Waals surface area contributed by atoms with Gasteiger partial charge in [-0.05, 0) is 93.1 Å². The van der Waals surface area contributed by atoms with Crippen molar-refractivity contribution in [3.8, 4) is 6.07 Å². The first-order chi connectivity index (χ1) is 16.0. The van der Waals surface area contributed by atoms with Gasteiger partial charge in [-0.15, -0.1) is 0 Å². The maximum absolute atomic E-state index is 10.5. The van der Waals surface area contributed by atoms with Crippen LogP contribution in [0.15, 0.2) is 35.5 Å². The summed E-state index contributed by atoms with van der Waals surface area (Å²) < 4.78 is 5.84. The summed E-state index contributed by atoms with van der Waals surface area (Å²) in [6.45, 7) is 13.4. The highest BCUT2D eigenvalue weighted by Gasteiger charge is 2.50. The lowest BCUT2D eigenvalue weighted by molar-refractivity contribution is 0.0165. The van der Waals surface area contributed by atoms with Crippen LogP contribution < -0.4 is 0 Å². The number of aliphatic hydroxyl groups is 2. The van der Waals surface area contributed by atoms with Gasteiger partial charge in [-0.2, -0.15) is 5.26 Å². The van der Waals surface area contributed by atoms with Crippen molar-refractivity contribution >= 4 is 0 Å². The van der Waals surface area contributed by atoms with Crippen molar-refractivity contribution in [1.82, 2.24) is 0 Å². The van der Waals surface area contributed by atoms with E-state index < -0.39 is 11.7 Å². The third-order valence-electron chi connectivity index (χ3n) is 8.99. The molecule has 0 saturated heterocycles. The van der Waals surface area contributed by atoms with Gasteiger partial charge in [0.2, 0.25) is 0 Å². The molecule has 0 aromatic rings. The minimum absolute atomic E-state index is 0.0456. The summed E-state index contributed by atoms with van der Waals surface area (Å²) >= 11 is 0. The van der Waals surface area contributed by atoms with Crippen molar-refractivity contribution < 1.29 is 14.9 Å². The van der Waals surface area contributed by atoms with E-state index in [1.807, 2.05) is 13.8 Å². The first-order valence-corrected chi connectivity index (χ1v) is 13.5. The number of rotatable bonds is 9. The van der Waals surface area contributed by atoms with Gasteiger partial charge in [0.25, 0.3) is 0 Å². The van der Waals surface area contributed by atoms with Crippen LogP contribution in [0.5, 0.6) is 0 Å². The molecular formula is C30H47NO3. The van der Waals surface area contributed by atoms with Crippen molar-refractivity contribution in [2.75, 3.05) is 6.61 Å². The van der Waals surface area contributed by atoms with Crippen LogP contribution in [0.2, 0.25) is 0 Å². The van der Waals surface area contributed by atoms with Crippen molar-refractivity contribution in [1.29, 1.82) is 5.26 Å². The van der Waals surface area contributed by atoms with Gasteiger partial charge < -0.3 is 14.9 Å².